The highest BCUT2D eigenvalue weighted by atomic mass is 16.7. The van der Waals surface area contributed by atoms with Crippen molar-refractivity contribution in [1.82, 2.24) is 21.0 Å². The molecular formula is C33H48N4O11. The summed E-state index contributed by atoms with van der Waals surface area (Å²) < 4.78 is 32.0. The van der Waals surface area contributed by atoms with Gasteiger partial charge in [0, 0.05) is 26.2 Å². The second-order valence-corrected chi connectivity index (χ2v) is 11.1. The summed E-state index contributed by atoms with van der Waals surface area (Å²) in [5.74, 6) is -0.312. The van der Waals surface area contributed by atoms with Gasteiger partial charge in [0.05, 0.1) is 39.6 Å². The van der Waals surface area contributed by atoms with Gasteiger partial charge in [0.25, 0.3) is 0 Å². The Labute approximate surface area is 281 Å². The van der Waals surface area contributed by atoms with Crippen LogP contribution in [0.1, 0.15) is 31.9 Å². The molecule has 2 aromatic rings. The Bertz CT molecular complexity index is 1130. The lowest BCUT2D eigenvalue weighted by Gasteiger charge is -2.23. The molecule has 0 fully saturated rings. The zero-order valence-electron chi connectivity index (χ0n) is 27.9. The highest BCUT2D eigenvalue weighted by molar-refractivity contribution is 5.77. The zero-order chi connectivity index (χ0) is 34.9. The van der Waals surface area contributed by atoms with E-state index in [0.717, 1.165) is 11.1 Å². The molecule has 48 heavy (non-hydrogen) atoms. The number of rotatable bonds is 22. The number of alkyl carbamates (subject to hydrolysis) is 2. The highest BCUT2D eigenvalue weighted by Crippen LogP contribution is 2.06. The fourth-order valence-corrected chi connectivity index (χ4v) is 3.67. The third-order valence-corrected chi connectivity index (χ3v) is 5.93. The Balaban J connectivity index is 1.65. The molecule has 3 N–H and O–H groups in total. The normalized spacial score (nSPS) is 10.9. The van der Waals surface area contributed by atoms with E-state index in [1.807, 2.05) is 60.7 Å². The second-order valence-electron chi connectivity index (χ2n) is 11.1. The Morgan fingerprint density at radius 1 is 0.625 bits per heavy atom. The van der Waals surface area contributed by atoms with Crippen LogP contribution >= 0.6 is 0 Å². The van der Waals surface area contributed by atoms with Gasteiger partial charge in [0.2, 0.25) is 5.91 Å². The van der Waals surface area contributed by atoms with E-state index in [1.165, 1.54) is 4.90 Å². The first kappa shape index (κ1) is 39.7. The Morgan fingerprint density at radius 3 is 1.60 bits per heavy atom. The third kappa shape index (κ3) is 20.6. The van der Waals surface area contributed by atoms with Crippen LogP contribution < -0.4 is 16.1 Å². The first-order valence-corrected chi connectivity index (χ1v) is 15.6. The number of hydrogen-bond donors (Lipinski definition) is 3. The zero-order valence-corrected chi connectivity index (χ0v) is 27.9. The molecule has 2 aromatic carbocycles. The van der Waals surface area contributed by atoms with Crippen molar-refractivity contribution in [2.45, 2.75) is 39.6 Å². The van der Waals surface area contributed by atoms with Crippen molar-refractivity contribution in [3.63, 3.8) is 0 Å². The number of carbonyl (C=O) groups is 4. The van der Waals surface area contributed by atoms with Gasteiger partial charge in [-0.25, -0.2) is 14.4 Å². The van der Waals surface area contributed by atoms with Gasteiger partial charge < -0.3 is 44.0 Å². The Hall–Kier alpha value is -4.44. The molecule has 2 rings (SSSR count). The van der Waals surface area contributed by atoms with Gasteiger partial charge in [-0.1, -0.05) is 60.7 Å². The van der Waals surface area contributed by atoms with Crippen LogP contribution in [0.5, 0.6) is 0 Å². The first-order valence-electron chi connectivity index (χ1n) is 15.6. The Kier molecular flexibility index (Phi) is 19.7. The molecule has 0 radical (unpaired) electrons. The van der Waals surface area contributed by atoms with Gasteiger partial charge in [-0.05, 0) is 31.9 Å². The Morgan fingerprint density at radius 2 is 1.12 bits per heavy atom. The van der Waals surface area contributed by atoms with Gasteiger partial charge in [-0.2, -0.15) is 5.48 Å². The van der Waals surface area contributed by atoms with Gasteiger partial charge in [-0.15, -0.1) is 0 Å². The van der Waals surface area contributed by atoms with E-state index in [9.17, 15) is 19.2 Å². The SMILES string of the molecule is CC(C)(C)OC(=O)NOCCOCC(=O)N(CCOCCNC(=O)OCc1ccccc1)CCOCCNC(=O)OCc1ccccc1. The number of benzene rings is 2. The monoisotopic (exact) mass is 676 g/mol. The average Bonchev–Trinajstić information content (AvgIpc) is 3.06. The van der Waals surface area contributed by atoms with Crippen LogP contribution in [-0.4, -0.2) is 107 Å². The van der Waals surface area contributed by atoms with Crippen LogP contribution in [0.4, 0.5) is 14.4 Å². The summed E-state index contributed by atoms with van der Waals surface area (Å²) in [5.41, 5.74) is 3.24. The predicted octanol–water partition coefficient (Wildman–Crippen LogP) is 3.17. The lowest BCUT2D eigenvalue weighted by atomic mass is 10.2. The molecule has 15 nitrogen and oxygen atoms in total. The molecule has 0 saturated carbocycles. The van der Waals surface area contributed by atoms with Gasteiger partial charge in [0.1, 0.15) is 25.4 Å². The van der Waals surface area contributed by atoms with Gasteiger partial charge >= 0.3 is 18.3 Å². The lowest BCUT2D eigenvalue weighted by molar-refractivity contribution is -0.138. The number of nitrogens with zero attached hydrogens (tertiary/aromatic N) is 1. The molecule has 0 aliphatic heterocycles. The van der Waals surface area contributed by atoms with E-state index < -0.39 is 23.9 Å². The van der Waals surface area contributed by atoms with E-state index in [0.29, 0.717) is 0 Å². The van der Waals surface area contributed by atoms with Crippen molar-refractivity contribution < 1.29 is 52.4 Å². The van der Waals surface area contributed by atoms with E-state index in [1.54, 1.807) is 20.8 Å². The summed E-state index contributed by atoms with van der Waals surface area (Å²) in [4.78, 5) is 54.8. The average molecular weight is 677 g/mol. The van der Waals surface area contributed by atoms with E-state index in [4.69, 9.17) is 33.3 Å². The first-order chi connectivity index (χ1) is 23.1. The highest BCUT2D eigenvalue weighted by Gasteiger charge is 2.16. The summed E-state index contributed by atoms with van der Waals surface area (Å²) in [6.07, 6.45) is -1.85. The van der Waals surface area contributed by atoms with Crippen LogP contribution in [0.25, 0.3) is 0 Å². The van der Waals surface area contributed by atoms with Crippen LogP contribution in [-0.2, 0) is 51.3 Å². The number of nitrogens with one attached hydrogen (secondary N) is 3. The molecule has 0 atom stereocenters. The van der Waals surface area contributed by atoms with Crippen molar-refractivity contribution in [3.05, 3.63) is 71.8 Å². The number of ether oxygens (including phenoxy) is 6. The minimum Gasteiger partial charge on any atom is -0.445 e. The summed E-state index contributed by atoms with van der Waals surface area (Å²) in [7, 11) is 0. The van der Waals surface area contributed by atoms with E-state index in [-0.39, 0.29) is 91.5 Å². The molecule has 0 unspecified atom stereocenters. The van der Waals surface area contributed by atoms with Crippen LogP contribution in [0.3, 0.4) is 0 Å². The fraction of sp³-hybridized carbons (Fsp3) is 0.515. The minimum absolute atomic E-state index is 0.000309. The molecule has 266 valence electrons. The number of carbonyl (C=O) groups excluding carboxylic acids is 4. The van der Waals surface area contributed by atoms with E-state index >= 15 is 0 Å². The summed E-state index contributed by atoms with van der Waals surface area (Å²) in [5, 5.41) is 5.23. The predicted molar refractivity (Wildman–Crippen MR) is 174 cm³/mol. The van der Waals surface area contributed by atoms with Crippen molar-refractivity contribution in [1.29, 1.82) is 0 Å². The van der Waals surface area contributed by atoms with Crippen LogP contribution in [0.2, 0.25) is 0 Å². The minimum atomic E-state index is -0.733. The fourth-order valence-electron chi connectivity index (χ4n) is 3.67. The molecule has 15 heteroatoms. The van der Waals surface area contributed by atoms with Gasteiger partial charge in [-0.3, -0.25) is 9.63 Å². The van der Waals surface area contributed by atoms with Crippen LogP contribution in [0, 0.1) is 0 Å². The molecule has 0 spiro atoms. The summed E-state index contributed by atoms with van der Waals surface area (Å²) >= 11 is 0. The molecule has 4 amide bonds. The van der Waals surface area contributed by atoms with Crippen LogP contribution in [0.15, 0.2) is 60.7 Å². The maximum Gasteiger partial charge on any atom is 0.431 e. The quantitative estimate of drug-likeness (QED) is 0.0950. The molecule has 0 heterocycles. The topological polar surface area (TPSA) is 172 Å². The number of hydrogen-bond acceptors (Lipinski definition) is 11. The standard InChI is InChI=1S/C33H48N4O11/c1-33(2,3)48-32(41)36-47-23-22-44-26-29(38)37(16-20-42-18-14-34-30(39)45-24-27-10-6-4-7-11-27)17-21-43-19-15-35-31(40)46-25-28-12-8-5-9-13-28/h4-13H,14-26H2,1-3H3,(H,34,39)(H,35,40)(H,36,41). The third-order valence-electron chi connectivity index (χ3n) is 5.93. The number of hydroxylamine groups is 1. The van der Waals surface area contributed by atoms with Crippen molar-refractivity contribution in [2.75, 3.05) is 72.4 Å². The van der Waals surface area contributed by atoms with Gasteiger partial charge in [0.15, 0.2) is 0 Å². The summed E-state index contributed by atoms with van der Waals surface area (Å²) in [6.45, 7) is 7.07. The maximum absolute atomic E-state index is 12.8. The van der Waals surface area contributed by atoms with E-state index in [2.05, 4.69) is 16.1 Å². The van der Waals surface area contributed by atoms with Crippen molar-refractivity contribution in [2.24, 2.45) is 0 Å². The smallest absolute Gasteiger partial charge is 0.431 e. The molecule has 0 aromatic heterocycles. The molecular weight excluding hydrogens is 628 g/mol. The molecule has 0 bridgehead atoms. The largest absolute Gasteiger partial charge is 0.445 e. The molecule has 0 saturated heterocycles. The lowest BCUT2D eigenvalue weighted by Crippen LogP contribution is -2.40. The summed E-state index contributed by atoms with van der Waals surface area (Å²) in [6, 6.07) is 18.7. The molecule has 0 aliphatic rings. The second kappa shape index (κ2) is 23.8. The number of amides is 4. The van der Waals surface area contributed by atoms with Crippen molar-refractivity contribution in [3.8, 4) is 0 Å². The molecule has 0 aliphatic carbocycles. The van der Waals surface area contributed by atoms with Crippen molar-refractivity contribution >= 4 is 24.2 Å². The maximum atomic E-state index is 12.8.